The zero-order valence-corrected chi connectivity index (χ0v) is 40.6. The van der Waals surface area contributed by atoms with Crippen LogP contribution in [0.15, 0.2) is 21.9 Å². The van der Waals surface area contributed by atoms with Crippen LogP contribution in [-0.2, 0) is 28.3 Å². The maximum absolute atomic E-state index is 13.8. The molecule has 1 fully saturated rings. The summed E-state index contributed by atoms with van der Waals surface area (Å²) in [7, 11) is -0.886. The second-order valence-electron chi connectivity index (χ2n) is 19.0. The normalized spacial score (nSPS) is 18.3. The van der Waals surface area contributed by atoms with E-state index in [1.165, 1.54) is 140 Å². The molecule has 1 aliphatic rings. The predicted molar refractivity (Wildman–Crippen MR) is 247 cm³/mol. The van der Waals surface area contributed by atoms with Crippen LogP contribution in [0.3, 0.4) is 0 Å². The van der Waals surface area contributed by atoms with Crippen molar-refractivity contribution >= 4 is 20.1 Å². The van der Waals surface area contributed by atoms with E-state index in [9.17, 15) is 19.2 Å². The number of aromatic amines is 1. The molecule has 2 rings (SSSR count). The Kier molecular flexibility index (Phi) is 27.8. The topological polar surface area (TPSA) is 129 Å². The Bertz CT molecular complexity index is 1370. The molecule has 0 saturated carbocycles. The quantitative estimate of drug-likeness (QED) is 0.0406. The van der Waals surface area contributed by atoms with Gasteiger partial charge in [-0.05, 0) is 31.0 Å². The van der Waals surface area contributed by atoms with Gasteiger partial charge in [0.05, 0.1) is 0 Å². The van der Waals surface area contributed by atoms with E-state index in [0.717, 1.165) is 43.6 Å². The lowest BCUT2D eigenvalue weighted by atomic mass is 10.0. The van der Waals surface area contributed by atoms with Crippen molar-refractivity contribution < 1.29 is 28.3 Å². The number of unbranched alkanes of at least 4 members (excludes halogenated alkanes) is 24. The number of rotatable bonds is 35. The fourth-order valence-electron chi connectivity index (χ4n) is 7.83. The molecule has 1 unspecified atom stereocenters. The summed E-state index contributed by atoms with van der Waals surface area (Å²) in [5, 5.41) is 0.832. The Morgan fingerprint density at radius 1 is 0.683 bits per heavy atom. The molecule has 2 amide bonds. The molecule has 12 heteroatoms. The Morgan fingerprint density at radius 2 is 1.08 bits per heavy atom. The van der Waals surface area contributed by atoms with E-state index in [4.69, 9.17) is 18.7 Å². The van der Waals surface area contributed by atoms with Crippen LogP contribution in [0.2, 0.25) is 18.1 Å². The predicted octanol–water partition coefficient (Wildman–Crippen LogP) is 12.1. The SMILES string of the molecule is CCCCCCCCCCCCCCCC(=O)N(OC[C@H]1O[C@@H](n2ccc(=O)[nH]c2=O)[C@@H](OC)C1O[Si](C)(C)C(C)(C)C)C(=O)CCCCCCCCCCCCCCC. The number of hydrogen-bond acceptors (Lipinski definition) is 8. The summed E-state index contributed by atoms with van der Waals surface area (Å²) in [5.41, 5.74) is -1.15. The average molecular weight is 864 g/mol. The molecule has 4 atom stereocenters. The van der Waals surface area contributed by atoms with Gasteiger partial charge in [0.1, 0.15) is 24.9 Å². The van der Waals surface area contributed by atoms with Crippen LogP contribution in [0.5, 0.6) is 0 Å². The lowest BCUT2D eigenvalue weighted by Gasteiger charge is -2.40. The van der Waals surface area contributed by atoms with Gasteiger partial charge in [-0.2, -0.15) is 5.06 Å². The highest BCUT2D eigenvalue weighted by molar-refractivity contribution is 6.74. The number of aromatic nitrogens is 2. The van der Waals surface area contributed by atoms with Crippen molar-refractivity contribution in [2.45, 2.75) is 257 Å². The number of carbonyl (C=O) groups is 2. The number of amides is 2. The van der Waals surface area contributed by atoms with Crippen molar-refractivity contribution in [2.75, 3.05) is 13.7 Å². The number of nitrogens with one attached hydrogen (secondary N) is 1. The molecule has 0 aromatic carbocycles. The number of carbonyl (C=O) groups excluding carboxylic acids is 2. The molecule has 1 aromatic heterocycles. The summed E-state index contributed by atoms with van der Waals surface area (Å²) in [6.45, 7) is 15.0. The lowest BCUT2D eigenvalue weighted by Crippen LogP contribution is -2.51. The van der Waals surface area contributed by atoms with E-state index in [-0.39, 0.29) is 36.3 Å². The molecule has 60 heavy (non-hydrogen) atoms. The Balaban J connectivity index is 2.04. The maximum Gasteiger partial charge on any atom is 0.330 e. The number of hydroxylamine groups is 2. The van der Waals surface area contributed by atoms with Gasteiger partial charge in [0.15, 0.2) is 14.5 Å². The van der Waals surface area contributed by atoms with Crippen LogP contribution in [0.25, 0.3) is 0 Å². The number of imide groups is 1. The van der Waals surface area contributed by atoms with Crippen LogP contribution in [0.4, 0.5) is 0 Å². The van der Waals surface area contributed by atoms with Crippen LogP contribution < -0.4 is 11.2 Å². The molecule has 1 N–H and O–H groups in total. The van der Waals surface area contributed by atoms with E-state index < -0.39 is 44.1 Å². The highest BCUT2D eigenvalue weighted by Crippen LogP contribution is 2.42. The molecular weight excluding hydrogens is 775 g/mol. The Labute approximate surface area is 365 Å². The number of hydrogen-bond donors (Lipinski definition) is 1. The van der Waals surface area contributed by atoms with Crippen molar-refractivity contribution in [3.63, 3.8) is 0 Å². The smallest absolute Gasteiger partial charge is 0.330 e. The molecular formula is C48H89N3O8Si. The van der Waals surface area contributed by atoms with Crippen LogP contribution in [0, 0.1) is 0 Å². The summed E-state index contributed by atoms with van der Waals surface area (Å²) in [6, 6.07) is 1.26. The fourth-order valence-corrected chi connectivity index (χ4v) is 9.15. The largest absolute Gasteiger partial charge is 0.408 e. The maximum atomic E-state index is 13.8. The third-order valence-electron chi connectivity index (χ3n) is 12.7. The molecule has 1 aliphatic heterocycles. The van der Waals surface area contributed by atoms with E-state index in [2.05, 4.69) is 52.7 Å². The summed E-state index contributed by atoms with van der Waals surface area (Å²) < 4.78 is 20.6. The van der Waals surface area contributed by atoms with E-state index in [0.29, 0.717) is 12.8 Å². The average Bonchev–Trinajstić information content (AvgIpc) is 3.53. The first-order chi connectivity index (χ1) is 28.8. The van der Waals surface area contributed by atoms with E-state index in [1.54, 1.807) is 0 Å². The molecule has 1 aromatic rings. The zero-order chi connectivity index (χ0) is 44.2. The highest BCUT2D eigenvalue weighted by Gasteiger charge is 2.52. The van der Waals surface area contributed by atoms with Crippen molar-refractivity contribution in [3.05, 3.63) is 33.1 Å². The molecule has 2 heterocycles. The first kappa shape index (κ1) is 54.0. The van der Waals surface area contributed by atoms with Gasteiger partial charge in [-0.1, -0.05) is 189 Å². The molecule has 0 aliphatic carbocycles. The molecule has 0 radical (unpaired) electrons. The third-order valence-corrected chi connectivity index (χ3v) is 17.2. The van der Waals surface area contributed by atoms with Crippen molar-refractivity contribution in [3.8, 4) is 0 Å². The van der Waals surface area contributed by atoms with Crippen molar-refractivity contribution in [1.82, 2.24) is 14.6 Å². The first-order valence-electron chi connectivity index (χ1n) is 24.4. The Hall–Kier alpha value is -2.12. The summed E-state index contributed by atoms with van der Waals surface area (Å²) in [4.78, 5) is 60.8. The minimum atomic E-state index is -2.42. The van der Waals surface area contributed by atoms with Gasteiger partial charge < -0.3 is 13.9 Å². The third kappa shape index (κ3) is 20.8. The molecule has 1 saturated heterocycles. The summed E-state index contributed by atoms with van der Waals surface area (Å²) >= 11 is 0. The van der Waals surface area contributed by atoms with Crippen molar-refractivity contribution in [2.24, 2.45) is 0 Å². The molecule has 11 nitrogen and oxygen atoms in total. The summed E-state index contributed by atoms with van der Waals surface area (Å²) in [6.07, 6.45) is 30.1. The van der Waals surface area contributed by atoms with Gasteiger partial charge >= 0.3 is 5.69 Å². The standard InChI is InChI=1S/C48H89N3O8Si/c1-9-11-13-15-17-19-21-23-25-27-29-31-33-35-42(53)51(43(54)36-34-32-30-28-26-24-22-20-18-16-14-12-10-2)57-39-40-44(59-60(7,8)48(3,4)5)45(56-6)46(58-40)50-38-37-41(52)49-47(50)55/h37-38,40,44-46H,9-36,39H2,1-8H3,(H,49,52,55)/t40-,44?,45+,46-/m1/s1. The fraction of sp³-hybridized carbons (Fsp3) is 0.875. The zero-order valence-electron chi connectivity index (χ0n) is 39.6. The van der Waals surface area contributed by atoms with Gasteiger partial charge in [-0.15, -0.1) is 0 Å². The summed E-state index contributed by atoms with van der Waals surface area (Å²) in [5.74, 6) is -0.677. The second-order valence-corrected chi connectivity index (χ2v) is 23.7. The van der Waals surface area contributed by atoms with Crippen molar-refractivity contribution in [1.29, 1.82) is 0 Å². The van der Waals surface area contributed by atoms with Crippen LogP contribution >= 0.6 is 0 Å². The van der Waals surface area contributed by atoms with Gasteiger partial charge in [-0.3, -0.25) is 28.8 Å². The number of nitrogens with zero attached hydrogens (tertiary/aromatic N) is 2. The monoisotopic (exact) mass is 864 g/mol. The van der Waals surface area contributed by atoms with E-state index >= 15 is 0 Å². The highest BCUT2D eigenvalue weighted by atomic mass is 28.4. The second kappa shape index (κ2) is 30.8. The minimum absolute atomic E-state index is 0.149. The van der Waals surface area contributed by atoms with Gasteiger partial charge in [0.2, 0.25) is 0 Å². The van der Waals surface area contributed by atoms with Gasteiger partial charge in [-0.25, -0.2) is 4.79 Å². The number of ether oxygens (including phenoxy) is 2. The number of methoxy groups -OCH3 is 1. The molecule has 0 bridgehead atoms. The van der Waals surface area contributed by atoms with E-state index in [1.807, 2.05) is 0 Å². The Morgan fingerprint density at radius 3 is 1.45 bits per heavy atom. The molecule has 348 valence electrons. The van der Waals surface area contributed by atoms with Gasteiger partial charge in [0, 0.05) is 32.2 Å². The van der Waals surface area contributed by atoms with Crippen LogP contribution in [0.1, 0.15) is 221 Å². The molecule has 0 spiro atoms. The first-order valence-corrected chi connectivity index (χ1v) is 27.3. The minimum Gasteiger partial charge on any atom is -0.408 e. The lowest BCUT2D eigenvalue weighted by molar-refractivity contribution is -0.207. The van der Waals surface area contributed by atoms with Crippen LogP contribution in [-0.4, -0.2) is 66.8 Å². The number of H-pyrrole nitrogens is 1. The van der Waals surface area contributed by atoms with Gasteiger partial charge in [0.25, 0.3) is 17.4 Å².